The lowest BCUT2D eigenvalue weighted by Gasteiger charge is -2.28. The van der Waals surface area contributed by atoms with Gasteiger partial charge in [0.15, 0.2) is 5.82 Å². The van der Waals surface area contributed by atoms with Gasteiger partial charge in [-0.05, 0) is 31.9 Å². The molecular formula is C12H18ClN3. The van der Waals surface area contributed by atoms with Crippen molar-refractivity contribution in [1.29, 1.82) is 0 Å². The van der Waals surface area contributed by atoms with Crippen LogP contribution in [0.5, 0.6) is 0 Å². The topological polar surface area (TPSA) is 29.0 Å². The van der Waals surface area contributed by atoms with Gasteiger partial charge in [-0.3, -0.25) is 0 Å². The maximum Gasteiger partial charge on any atom is 0.151 e. The van der Waals surface area contributed by atoms with Crippen molar-refractivity contribution >= 4 is 17.4 Å². The summed E-state index contributed by atoms with van der Waals surface area (Å²) in [7, 11) is 0. The molecule has 1 aromatic rings. The molecule has 4 heteroatoms. The molecule has 0 unspecified atom stereocenters. The first-order chi connectivity index (χ1) is 7.85. The maximum atomic E-state index is 5.70. The van der Waals surface area contributed by atoms with Gasteiger partial charge in [-0.15, -0.1) is 16.7 Å². The average Bonchev–Trinajstić information content (AvgIpc) is 2.85. The Hall–Kier alpha value is -0.830. The van der Waals surface area contributed by atoms with E-state index in [1.807, 2.05) is 12.1 Å². The second-order valence-corrected chi connectivity index (χ2v) is 4.51. The van der Waals surface area contributed by atoms with Gasteiger partial charge in [0.05, 0.1) is 11.6 Å². The molecular weight excluding hydrogens is 222 g/mol. The van der Waals surface area contributed by atoms with Crippen molar-refractivity contribution in [3.8, 4) is 0 Å². The Balaban J connectivity index is 2.12. The third kappa shape index (κ3) is 2.46. The van der Waals surface area contributed by atoms with E-state index in [0.29, 0.717) is 11.9 Å². The molecule has 1 aliphatic rings. The van der Waals surface area contributed by atoms with Crippen LogP contribution in [0.25, 0.3) is 0 Å². The van der Waals surface area contributed by atoms with Crippen LogP contribution in [-0.4, -0.2) is 22.8 Å². The molecule has 3 nitrogen and oxygen atoms in total. The highest BCUT2D eigenvalue weighted by molar-refractivity contribution is 6.16. The molecule has 2 rings (SSSR count). The first-order valence-electron chi connectivity index (χ1n) is 6.00. The molecule has 1 aliphatic carbocycles. The Labute approximate surface area is 102 Å². The fourth-order valence-corrected chi connectivity index (χ4v) is 2.54. The minimum Gasteiger partial charge on any atom is -0.352 e. The molecule has 0 aliphatic heterocycles. The van der Waals surface area contributed by atoms with Crippen LogP contribution >= 0.6 is 11.6 Å². The van der Waals surface area contributed by atoms with Crippen LogP contribution in [0.15, 0.2) is 12.1 Å². The van der Waals surface area contributed by atoms with Gasteiger partial charge in [0.25, 0.3) is 0 Å². The van der Waals surface area contributed by atoms with Crippen molar-refractivity contribution < 1.29 is 0 Å². The van der Waals surface area contributed by atoms with Crippen LogP contribution in [-0.2, 0) is 5.88 Å². The SMILES string of the molecule is CCN(c1ccc(CCl)nn1)C1CCCC1. The van der Waals surface area contributed by atoms with E-state index in [9.17, 15) is 0 Å². The number of hydrogen-bond donors (Lipinski definition) is 0. The lowest BCUT2D eigenvalue weighted by molar-refractivity contribution is 0.608. The average molecular weight is 240 g/mol. The van der Waals surface area contributed by atoms with Crippen LogP contribution < -0.4 is 4.90 Å². The number of nitrogens with zero attached hydrogens (tertiary/aromatic N) is 3. The minimum absolute atomic E-state index is 0.433. The van der Waals surface area contributed by atoms with Crippen LogP contribution in [0.2, 0.25) is 0 Å². The zero-order valence-electron chi connectivity index (χ0n) is 9.69. The zero-order valence-corrected chi connectivity index (χ0v) is 10.5. The van der Waals surface area contributed by atoms with Gasteiger partial charge in [0.1, 0.15) is 0 Å². The number of rotatable bonds is 4. The largest absolute Gasteiger partial charge is 0.352 e. The van der Waals surface area contributed by atoms with Gasteiger partial charge in [-0.2, -0.15) is 5.10 Å². The van der Waals surface area contributed by atoms with Crippen molar-refractivity contribution in [2.75, 3.05) is 11.4 Å². The predicted molar refractivity (Wildman–Crippen MR) is 66.9 cm³/mol. The molecule has 0 radical (unpaired) electrons. The first kappa shape index (κ1) is 11.6. The molecule has 88 valence electrons. The second-order valence-electron chi connectivity index (χ2n) is 4.24. The molecule has 0 saturated heterocycles. The third-order valence-electron chi connectivity index (χ3n) is 3.24. The molecule has 0 aromatic carbocycles. The van der Waals surface area contributed by atoms with Crippen LogP contribution in [0.4, 0.5) is 5.82 Å². The summed E-state index contributed by atoms with van der Waals surface area (Å²) in [5.74, 6) is 1.42. The van der Waals surface area contributed by atoms with Gasteiger partial charge in [0, 0.05) is 12.6 Å². The van der Waals surface area contributed by atoms with Crippen LogP contribution in [0.1, 0.15) is 38.3 Å². The van der Waals surface area contributed by atoms with E-state index in [2.05, 4.69) is 22.0 Å². The Morgan fingerprint density at radius 1 is 1.31 bits per heavy atom. The lowest BCUT2D eigenvalue weighted by atomic mass is 10.2. The molecule has 1 fully saturated rings. The van der Waals surface area contributed by atoms with E-state index in [1.54, 1.807) is 0 Å². The second kappa shape index (κ2) is 5.48. The van der Waals surface area contributed by atoms with Crippen molar-refractivity contribution in [3.63, 3.8) is 0 Å². The number of hydrogen-bond acceptors (Lipinski definition) is 3. The predicted octanol–water partition coefficient (Wildman–Crippen LogP) is 2.98. The Morgan fingerprint density at radius 3 is 2.56 bits per heavy atom. The van der Waals surface area contributed by atoms with Crippen molar-refractivity contribution in [1.82, 2.24) is 10.2 Å². The normalized spacial score (nSPS) is 16.6. The Bertz CT molecular complexity index is 320. The maximum absolute atomic E-state index is 5.70. The first-order valence-corrected chi connectivity index (χ1v) is 6.53. The molecule has 16 heavy (non-hydrogen) atoms. The molecule has 0 bridgehead atoms. The molecule has 0 amide bonds. The van der Waals surface area contributed by atoms with Gasteiger partial charge in [0.2, 0.25) is 0 Å². The molecule has 0 N–H and O–H groups in total. The summed E-state index contributed by atoms with van der Waals surface area (Å²) >= 11 is 5.70. The summed E-state index contributed by atoms with van der Waals surface area (Å²) in [6.07, 6.45) is 5.25. The third-order valence-corrected chi connectivity index (χ3v) is 3.52. The number of anilines is 1. The number of alkyl halides is 1. The zero-order chi connectivity index (χ0) is 11.4. The smallest absolute Gasteiger partial charge is 0.151 e. The van der Waals surface area contributed by atoms with Gasteiger partial charge in [-0.25, -0.2) is 0 Å². The molecule has 1 saturated carbocycles. The van der Waals surface area contributed by atoms with E-state index >= 15 is 0 Å². The number of halogens is 1. The van der Waals surface area contributed by atoms with Crippen molar-refractivity contribution in [2.24, 2.45) is 0 Å². The van der Waals surface area contributed by atoms with E-state index < -0.39 is 0 Å². The van der Waals surface area contributed by atoms with Crippen molar-refractivity contribution in [2.45, 2.75) is 44.5 Å². The monoisotopic (exact) mass is 239 g/mol. The van der Waals surface area contributed by atoms with Gasteiger partial charge >= 0.3 is 0 Å². The summed E-state index contributed by atoms with van der Waals surface area (Å²) in [6, 6.07) is 4.65. The summed E-state index contributed by atoms with van der Waals surface area (Å²) in [6.45, 7) is 3.18. The standard InChI is InChI=1S/C12H18ClN3/c1-2-16(11-5-3-4-6-11)12-8-7-10(9-13)14-15-12/h7-8,11H,2-6,9H2,1H3. The molecule has 1 heterocycles. The van der Waals surface area contributed by atoms with Crippen LogP contribution in [0.3, 0.4) is 0 Å². The minimum atomic E-state index is 0.433. The fraction of sp³-hybridized carbons (Fsp3) is 0.667. The summed E-state index contributed by atoms with van der Waals surface area (Å²) < 4.78 is 0. The van der Waals surface area contributed by atoms with E-state index in [-0.39, 0.29) is 0 Å². The molecule has 1 aromatic heterocycles. The van der Waals surface area contributed by atoms with E-state index in [1.165, 1.54) is 25.7 Å². The quantitative estimate of drug-likeness (QED) is 0.757. The van der Waals surface area contributed by atoms with Gasteiger partial charge in [-0.1, -0.05) is 12.8 Å². The molecule has 0 atom stereocenters. The summed E-state index contributed by atoms with van der Waals surface area (Å²) in [5, 5.41) is 8.37. The highest BCUT2D eigenvalue weighted by Gasteiger charge is 2.22. The van der Waals surface area contributed by atoms with Gasteiger partial charge < -0.3 is 4.90 Å². The highest BCUT2D eigenvalue weighted by Crippen LogP contribution is 2.26. The number of aromatic nitrogens is 2. The van der Waals surface area contributed by atoms with Crippen LogP contribution in [0, 0.1) is 0 Å². The highest BCUT2D eigenvalue weighted by atomic mass is 35.5. The Kier molecular flexibility index (Phi) is 3.99. The fourth-order valence-electron chi connectivity index (χ4n) is 2.40. The summed E-state index contributed by atoms with van der Waals surface area (Å²) in [5.41, 5.74) is 0.841. The van der Waals surface area contributed by atoms with Crippen molar-refractivity contribution in [3.05, 3.63) is 17.8 Å². The summed E-state index contributed by atoms with van der Waals surface area (Å²) in [4.78, 5) is 2.36. The lowest BCUT2D eigenvalue weighted by Crippen LogP contribution is -2.33. The van der Waals surface area contributed by atoms with E-state index in [4.69, 9.17) is 11.6 Å². The Morgan fingerprint density at radius 2 is 2.06 bits per heavy atom. The molecule has 0 spiro atoms. The van der Waals surface area contributed by atoms with E-state index in [0.717, 1.165) is 18.1 Å².